The van der Waals surface area contributed by atoms with Gasteiger partial charge >= 0.3 is 5.97 Å². The molecule has 32 heavy (non-hydrogen) atoms. The molecule has 7 nitrogen and oxygen atoms in total. The van der Waals surface area contributed by atoms with E-state index in [1.165, 1.54) is 29.5 Å². The SMILES string of the molecule is COC(=O)[C@@H]1CSc2c(C3CC3)c(CNS(=O)(=O)c3cccc4ccccc34)cc(=O)n21. The van der Waals surface area contributed by atoms with Crippen LogP contribution in [-0.4, -0.2) is 31.8 Å². The second-order valence-electron chi connectivity index (χ2n) is 8.02. The zero-order valence-corrected chi connectivity index (χ0v) is 19.0. The Morgan fingerprint density at radius 1 is 1.19 bits per heavy atom. The van der Waals surface area contributed by atoms with Gasteiger partial charge in [0.1, 0.15) is 6.04 Å². The predicted octanol–water partition coefficient (Wildman–Crippen LogP) is 3.18. The number of esters is 1. The number of thioether (sulfide) groups is 1. The maximum atomic E-state index is 13.2. The molecule has 166 valence electrons. The topological polar surface area (TPSA) is 94.5 Å². The van der Waals surface area contributed by atoms with Crippen molar-refractivity contribution in [3.63, 3.8) is 0 Å². The van der Waals surface area contributed by atoms with Gasteiger partial charge in [-0.2, -0.15) is 0 Å². The van der Waals surface area contributed by atoms with Gasteiger partial charge in [-0.1, -0.05) is 36.4 Å². The smallest absolute Gasteiger partial charge is 0.329 e. The summed E-state index contributed by atoms with van der Waals surface area (Å²) in [6.45, 7) is 0.0178. The number of methoxy groups -OCH3 is 1. The first kappa shape index (κ1) is 21.2. The molecule has 2 heterocycles. The Morgan fingerprint density at radius 2 is 1.94 bits per heavy atom. The molecule has 1 fully saturated rings. The molecule has 1 atom stereocenters. The zero-order chi connectivity index (χ0) is 22.5. The molecule has 2 aliphatic rings. The summed E-state index contributed by atoms with van der Waals surface area (Å²) < 4.78 is 35.4. The van der Waals surface area contributed by atoms with E-state index in [2.05, 4.69) is 4.72 Å². The third kappa shape index (κ3) is 3.64. The molecule has 0 unspecified atom stereocenters. The van der Waals surface area contributed by atoms with Crippen LogP contribution in [0.1, 0.15) is 35.9 Å². The lowest BCUT2D eigenvalue weighted by atomic mass is 10.1. The van der Waals surface area contributed by atoms with E-state index in [9.17, 15) is 18.0 Å². The molecule has 0 radical (unpaired) electrons. The van der Waals surface area contributed by atoms with Crippen molar-refractivity contribution in [1.82, 2.24) is 9.29 Å². The molecule has 3 aromatic rings. The Balaban J connectivity index is 1.51. The number of ether oxygens (including phenoxy) is 1. The molecule has 0 bridgehead atoms. The maximum Gasteiger partial charge on any atom is 0.329 e. The number of aromatic nitrogens is 1. The van der Waals surface area contributed by atoms with Crippen molar-refractivity contribution in [3.05, 3.63) is 70.0 Å². The Hall–Kier alpha value is -2.62. The highest BCUT2D eigenvalue weighted by Gasteiger charge is 2.38. The third-order valence-electron chi connectivity index (χ3n) is 5.97. The molecule has 0 amide bonds. The van der Waals surface area contributed by atoms with Crippen LogP contribution in [0.2, 0.25) is 0 Å². The summed E-state index contributed by atoms with van der Waals surface area (Å²) in [7, 11) is -2.49. The lowest BCUT2D eigenvalue weighted by molar-refractivity contribution is -0.143. The van der Waals surface area contributed by atoms with Crippen LogP contribution in [0.15, 0.2) is 63.2 Å². The molecule has 1 saturated carbocycles. The fourth-order valence-electron chi connectivity index (χ4n) is 4.28. The number of hydrogen-bond acceptors (Lipinski definition) is 6. The van der Waals surface area contributed by atoms with Crippen molar-refractivity contribution in [3.8, 4) is 0 Å². The van der Waals surface area contributed by atoms with E-state index >= 15 is 0 Å². The minimum absolute atomic E-state index is 0.0178. The van der Waals surface area contributed by atoms with Crippen molar-refractivity contribution in [2.45, 2.75) is 41.3 Å². The summed E-state index contributed by atoms with van der Waals surface area (Å²) in [5.41, 5.74) is 1.33. The van der Waals surface area contributed by atoms with Gasteiger partial charge in [0.25, 0.3) is 5.56 Å². The van der Waals surface area contributed by atoms with Crippen LogP contribution in [0, 0.1) is 0 Å². The van der Waals surface area contributed by atoms with Crippen LogP contribution in [0.4, 0.5) is 0 Å². The number of pyridine rings is 1. The number of rotatable bonds is 6. The first-order chi connectivity index (χ1) is 15.4. The second-order valence-corrected chi connectivity index (χ2v) is 10.8. The normalized spacial score (nSPS) is 18.0. The van der Waals surface area contributed by atoms with E-state index < -0.39 is 22.0 Å². The first-order valence-electron chi connectivity index (χ1n) is 10.4. The lowest BCUT2D eigenvalue weighted by Crippen LogP contribution is -2.31. The molecule has 2 aromatic carbocycles. The summed E-state index contributed by atoms with van der Waals surface area (Å²) in [4.78, 5) is 25.2. The van der Waals surface area contributed by atoms with E-state index in [1.807, 2.05) is 24.3 Å². The fourth-order valence-corrected chi connectivity index (χ4v) is 6.93. The number of carbonyl (C=O) groups is 1. The molecule has 0 saturated heterocycles. The zero-order valence-electron chi connectivity index (χ0n) is 17.4. The first-order valence-corrected chi connectivity index (χ1v) is 12.8. The minimum Gasteiger partial charge on any atom is -0.467 e. The van der Waals surface area contributed by atoms with Gasteiger partial charge < -0.3 is 4.74 Å². The van der Waals surface area contributed by atoms with Crippen LogP contribution in [0.25, 0.3) is 10.8 Å². The van der Waals surface area contributed by atoms with E-state index in [4.69, 9.17) is 4.74 Å². The van der Waals surface area contributed by atoms with Crippen LogP contribution >= 0.6 is 11.8 Å². The molecule has 9 heteroatoms. The number of hydrogen-bond donors (Lipinski definition) is 1. The number of nitrogens with zero attached hydrogens (tertiary/aromatic N) is 1. The molecule has 1 N–H and O–H groups in total. The van der Waals surface area contributed by atoms with Gasteiger partial charge in [-0.05, 0) is 41.3 Å². The van der Waals surface area contributed by atoms with Crippen LogP contribution < -0.4 is 10.3 Å². The average Bonchev–Trinajstić information content (AvgIpc) is 3.53. The van der Waals surface area contributed by atoms with E-state index in [-0.39, 0.29) is 22.9 Å². The van der Waals surface area contributed by atoms with Gasteiger partial charge in [0.2, 0.25) is 10.0 Å². The van der Waals surface area contributed by atoms with E-state index in [1.54, 1.807) is 18.2 Å². The summed E-state index contributed by atoms with van der Waals surface area (Å²) in [5, 5.41) is 2.25. The number of nitrogens with one attached hydrogen (secondary N) is 1. The standard InChI is InChI=1S/C23H22N2O5S2/c1-30-23(27)18-13-31-22-21(15-9-10-15)16(11-20(26)25(18)22)12-24-32(28,29)19-8-4-6-14-5-2-3-7-17(14)19/h2-8,11,15,18,24H,9-10,12-13H2,1H3/t18-/m0/s1. The summed E-state index contributed by atoms with van der Waals surface area (Å²) in [5.74, 6) is 0.273. The highest BCUT2D eigenvalue weighted by Crippen LogP contribution is 2.48. The van der Waals surface area contributed by atoms with Gasteiger partial charge in [-0.3, -0.25) is 9.36 Å². The van der Waals surface area contributed by atoms with Crippen LogP contribution in [0.5, 0.6) is 0 Å². The van der Waals surface area contributed by atoms with Crippen molar-refractivity contribution < 1.29 is 17.9 Å². The Morgan fingerprint density at radius 3 is 2.69 bits per heavy atom. The summed E-state index contributed by atoms with van der Waals surface area (Å²) in [6.07, 6.45) is 1.97. The average molecular weight is 471 g/mol. The van der Waals surface area contributed by atoms with Crippen molar-refractivity contribution >= 4 is 38.5 Å². The lowest BCUT2D eigenvalue weighted by Gasteiger charge is -2.17. The van der Waals surface area contributed by atoms with Crippen molar-refractivity contribution in [2.24, 2.45) is 0 Å². The Labute approximate surface area is 189 Å². The maximum absolute atomic E-state index is 13.2. The summed E-state index contributed by atoms with van der Waals surface area (Å²) >= 11 is 1.46. The molecule has 1 aromatic heterocycles. The van der Waals surface area contributed by atoms with Gasteiger partial charge in [0.05, 0.1) is 17.0 Å². The highest BCUT2D eigenvalue weighted by atomic mass is 32.2. The van der Waals surface area contributed by atoms with E-state index in [0.717, 1.165) is 28.8 Å². The summed E-state index contributed by atoms with van der Waals surface area (Å²) in [6, 6.07) is 13.3. The number of fused-ring (bicyclic) bond motifs is 2. The highest BCUT2D eigenvalue weighted by molar-refractivity contribution is 7.99. The fraction of sp³-hybridized carbons (Fsp3) is 0.304. The number of carbonyl (C=O) groups excluding carboxylic acids is 1. The van der Waals surface area contributed by atoms with E-state index in [0.29, 0.717) is 16.7 Å². The molecular weight excluding hydrogens is 448 g/mol. The van der Waals surface area contributed by atoms with Crippen LogP contribution in [-0.2, 0) is 26.1 Å². The molecule has 1 aliphatic carbocycles. The second kappa shape index (κ2) is 8.06. The number of sulfonamides is 1. The third-order valence-corrected chi connectivity index (χ3v) is 8.60. The van der Waals surface area contributed by atoms with Gasteiger partial charge in [-0.15, -0.1) is 11.8 Å². The van der Waals surface area contributed by atoms with Crippen LogP contribution in [0.3, 0.4) is 0 Å². The van der Waals surface area contributed by atoms with Gasteiger partial charge in [-0.25, -0.2) is 17.9 Å². The largest absolute Gasteiger partial charge is 0.467 e. The Bertz CT molecular complexity index is 1390. The predicted molar refractivity (Wildman–Crippen MR) is 122 cm³/mol. The molecule has 0 spiro atoms. The monoisotopic (exact) mass is 470 g/mol. The number of benzene rings is 2. The molecular formula is C23H22N2O5S2. The van der Waals surface area contributed by atoms with Gasteiger partial charge in [0.15, 0.2) is 0 Å². The van der Waals surface area contributed by atoms with Crippen molar-refractivity contribution in [1.29, 1.82) is 0 Å². The van der Waals surface area contributed by atoms with Crippen molar-refractivity contribution in [2.75, 3.05) is 12.9 Å². The van der Waals surface area contributed by atoms with Gasteiger partial charge in [0, 0.05) is 23.8 Å². The molecule has 1 aliphatic heterocycles. The Kier molecular flexibility index (Phi) is 5.35. The minimum atomic E-state index is -3.80. The molecule has 5 rings (SSSR count). The quantitative estimate of drug-likeness (QED) is 0.556.